The van der Waals surface area contributed by atoms with E-state index in [0.717, 1.165) is 11.3 Å². The van der Waals surface area contributed by atoms with Gasteiger partial charge in [-0.1, -0.05) is 6.07 Å². The first kappa shape index (κ1) is 17.3. The van der Waals surface area contributed by atoms with Crippen LogP contribution in [0.2, 0.25) is 0 Å². The number of aliphatic hydroxyl groups is 1. The molecular weight excluding hydrogens is 296 g/mol. The fourth-order valence-corrected chi connectivity index (χ4v) is 2.54. The number of aryl methyl sites for hydroxylation is 1. The predicted octanol–water partition coefficient (Wildman–Crippen LogP) is 2.69. The third kappa shape index (κ3) is 4.45. The van der Waals surface area contributed by atoms with Crippen molar-refractivity contribution < 1.29 is 19.4 Å². The van der Waals surface area contributed by atoms with E-state index in [1.165, 1.54) is 0 Å². The lowest BCUT2D eigenvalue weighted by Gasteiger charge is -2.22. The number of benzene rings is 1. The van der Waals surface area contributed by atoms with Gasteiger partial charge in [-0.15, -0.1) is 0 Å². The summed E-state index contributed by atoms with van der Waals surface area (Å²) >= 11 is 0. The fourth-order valence-electron chi connectivity index (χ4n) is 2.54. The van der Waals surface area contributed by atoms with E-state index in [0.29, 0.717) is 18.7 Å². The third-order valence-corrected chi connectivity index (χ3v) is 3.61. The van der Waals surface area contributed by atoms with E-state index in [1.807, 2.05) is 13.0 Å². The van der Waals surface area contributed by atoms with Crippen LogP contribution in [0.4, 0.5) is 16.2 Å². The summed E-state index contributed by atoms with van der Waals surface area (Å²) < 4.78 is 5.23. The number of hydrogen-bond acceptors (Lipinski definition) is 4. The van der Waals surface area contributed by atoms with Gasteiger partial charge in [0.2, 0.25) is 5.91 Å². The minimum atomic E-state index is -0.573. The predicted molar refractivity (Wildman–Crippen MR) is 88.6 cm³/mol. The number of aliphatic hydroxyl groups excluding tert-OH is 1. The van der Waals surface area contributed by atoms with Gasteiger partial charge in [-0.05, 0) is 45.4 Å². The van der Waals surface area contributed by atoms with E-state index < -0.39 is 11.7 Å². The second kappa shape index (κ2) is 6.58. The summed E-state index contributed by atoms with van der Waals surface area (Å²) in [5.41, 5.74) is 1.68. The summed E-state index contributed by atoms with van der Waals surface area (Å²) in [6.07, 6.45) is -0.187. The summed E-state index contributed by atoms with van der Waals surface area (Å²) in [5.74, 6) is -0.0501. The molecule has 1 atom stereocenters. The molecule has 0 spiro atoms. The highest BCUT2D eigenvalue weighted by Gasteiger charge is 2.31. The summed E-state index contributed by atoms with van der Waals surface area (Å²) in [4.78, 5) is 25.6. The Morgan fingerprint density at radius 3 is 2.70 bits per heavy atom. The number of hydrogen-bond donors (Lipinski definition) is 2. The maximum atomic E-state index is 12.1. The van der Waals surface area contributed by atoms with Gasteiger partial charge in [-0.3, -0.25) is 10.1 Å². The average Bonchev–Trinajstić information content (AvgIpc) is 2.80. The molecule has 1 unspecified atom stereocenters. The second-order valence-corrected chi connectivity index (χ2v) is 6.89. The number of nitrogens with one attached hydrogen (secondary N) is 1. The highest BCUT2D eigenvalue weighted by atomic mass is 16.6. The number of rotatable bonds is 3. The lowest BCUT2D eigenvalue weighted by atomic mass is 10.1. The number of ether oxygens (including phenoxy) is 1. The van der Waals surface area contributed by atoms with E-state index >= 15 is 0 Å². The van der Waals surface area contributed by atoms with Gasteiger partial charge < -0.3 is 14.7 Å². The molecular formula is C17H24N2O4. The zero-order chi connectivity index (χ0) is 17.2. The van der Waals surface area contributed by atoms with Crippen molar-refractivity contribution in [1.82, 2.24) is 0 Å². The Kier molecular flexibility index (Phi) is 4.94. The summed E-state index contributed by atoms with van der Waals surface area (Å²) in [6, 6.07) is 5.38. The van der Waals surface area contributed by atoms with Crippen LogP contribution in [0, 0.1) is 12.8 Å². The highest BCUT2D eigenvalue weighted by Crippen LogP contribution is 2.30. The molecule has 1 aromatic carbocycles. The van der Waals surface area contributed by atoms with Gasteiger partial charge in [0.15, 0.2) is 0 Å². The Hall–Kier alpha value is -2.08. The Morgan fingerprint density at radius 1 is 1.43 bits per heavy atom. The summed E-state index contributed by atoms with van der Waals surface area (Å²) in [6.45, 7) is 7.79. The molecule has 126 valence electrons. The molecule has 1 fully saturated rings. The van der Waals surface area contributed by atoms with Crippen LogP contribution in [0.25, 0.3) is 0 Å². The van der Waals surface area contributed by atoms with Gasteiger partial charge in [0, 0.05) is 36.9 Å². The van der Waals surface area contributed by atoms with Gasteiger partial charge in [0.25, 0.3) is 0 Å². The van der Waals surface area contributed by atoms with Crippen LogP contribution in [0.15, 0.2) is 18.2 Å². The number of amides is 2. The largest absolute Gasteiger partial charge is 0.444 e. The standard InChI is InChI=1S/C17H24N2O4/c1-11-5-6-13(18-16(22)23-17(2,3)4)8-14(11)19-9-12(10-20)7-15(19)21/h5-6,8,12,20H,7,9-10H2,1-4H3,(H,18,22). The van der Waals surface area contributed by atoms with E-state index in [-0.39, 0.29) is 18.4 Å². The summed E-state index contributed by atoms with van der Waals surface area (Å²) in [7, 11) is 0. The Labute approximate surface area is 136 Å². The maximum Gasteiger partial charge on any atom is 0.412 e. The van der Waals surface area contributed by atoms with Crippen molar-refractivity contribution in [1.29, 1.82) is 0 Å². The molecule has 0 aliphatic carbocycles. The van der Waals surface area contributed by atoms with Crippen LogP contribution in [-0.2, 0) is 9.53 Å². The van der Waals surface area contributed by atoms with Gasteiger partial charge >= 0.3 is 6.09 Å². The van der Waals surface area contributed by atoms with Crippen LogP contribution >= 0.6 is 0 Å². The van der Waals surface area contributed by atoms with Crippen molar-refractivity contribution in [3.8, 4) is 0 Å². The van der Waals surface area contributed by atoms with Crippen molar-refractivity contribution in [2.24, 2.45) is 5.92 Å². The number of carbonyl (C=O) groups excluding carboxylic acids is 2. The van der Waals surface area contributed by atoms with Crippen LogP contribution < -0.4 is 10.2 Å². The van der Waals surface area contributed by atoms with Crippen molar-refractivity contribution in [2.45, 2.75) is 39.7 Å². The van der Waals surface area contributed by atoms with Crippen LogP contribution in [-0.4, -0.2) is 35.9 Å². The first-order valence-electron chi connectivity index (χ1n) is 7.71. The van der Waals surface area contributed by atoms with Gasteiger partial charge in [-0.25, -0.2) is 4.79 Å². The van der Waals surface area contributed by atoms with Crippen molar-refractivity contribution in [2.75, 3.05) is 23.4 Å². The molecule has 6 nitrogen and oxygen atoms in total. The van der Waals surface area contributed by atoms with Crippen LogP contribution in [0.3, 0.4) is 0 Å². The minimum Gasteiger partial charge on any atom is -0.444 e. The number of anilines is 2. The van der Waals surface area contributed by atoms with E-state index in [9.17, 15) is 14.7 Å². The Morgan fingerprint density at radius 2 is 2.13 bits per heavy atom. The summed E-state index contributed by atoms with van der Waals surface area (Å²) in [5, 5.41) is 11.9. The average molecular weight is 320 g/mol. The molecule has 1 saturated heterocycles. The SMILES string of the molecule is Cc1ccc(NC(=O)OC(C)(C)C)cc1N1CC(CO)CC1=O. The second-order valence-electron chi connectivity index (χ2n) is 6.89. The molecule has 0 aromatic heterocycles. The number of carbonyl (C=O) groups is 2. The molecule has 2 rings (SSSR count). The molecule has 23 heavy (non-hydrogen) atoms. The molecule has 2 N–H and O–H groups in total. The maximum absolute atomic E-state index is 12.1. The smallest absolute Gasteiger partial charge is 0.412 e. The van der Waals surface area contributed by atoms with E-state index in [2.05, 4.69) is 5.32 Å². The van der Waals surface area contributed by atoms with Crippen LogP contribution in [0.5, 0.6) is 0 Å². The van der Waals surface area contributed by atoms with Gasteiger partial charge in [0.1, 0.15) is 5.60 Å². The zero-order valence-electron chi connectivity index (χ0n) is 14.0. The minimum absolute atomic E-state index is 0.00284. The zero-order valence-corrected chi connectivity index (χ0v) is 14.0. The molecule has 0 radical (unpaired) electrons. The highest BCUT2D eigenvalue weighted by molar-refractivity contribution is 5.97. The lowest BCUT2D eigenvalue weighted by molar-refractivity contribution is -0.117. The molecule has 1 heterocycles. The molecule has 0 bridgehead atoms. The molecule has 2 amide bonds. The topological polar surface area (TPSA) is 78.9 Å². The van der Waals surface area contributed by atoms with Crippen molar-refractivity contribution in [3.63, 3.8) is 0 Å². The van der Waals surface area contributed by atoms with E-state index in [1.54, 1.807) is 37.8 Å². The quantitative estimate of drug-likeness (QED) is 0.897. The van der Waals surface area contributed by atoms with Crippen molar-refractivity contribution in [3.05, 3.63) is 23.8 Å². The normalized spacial score (nSPS) is 18.2. The molecule has 1 aliphatic rings. The third-order valence-electron chi connectivity index (χ3n) is 3.61. The molecule has 0 saturated carbocycles. The van der Waals surface area contributed by atoms with Crippen molar-refractivity contribution >= 4 is 23.4 Å². The Balaban J connectivity index is 2.16. The lowest BCUT2D eigenvalue weighted by Crippen LogP contribution is -2.28. The molecule has 1 aliphatic heterocycles. The monoisotopic (exact) mass is 320 g/mol. The fraction of sp³-hybridized carbons (Fsp3) is 0.529. The van der Waals surface area contributed by atoms with Gasteiger partial charge in [0.05, 0.1) is 0 Å². The van der Waals surface area contributed by atoms with Gasteiger partial charge in [-0.2, -0.15) is 0 Å². The van der Waals surface area contributed by atoms with Crippen LogP contribution in [0.1, 0.15) is 32.8 Å². The molecule has 1 aromatic rings. The first-order valence-corrected chi connectivity index (χ1v) is 7.71. The first-order chi connectivity index (χ1) is 10.7. The molecule has 6 heteroatoms. The van der Waals surface area contributed by atoms with E-state index in [4.69, 9.17) is 4.74 Å². The Bertz CT molecular complexity index is 607. The number of nitrogens with zero attached hydrogens (tertiary/aromatic N) is 1.